The van der Waals surface area contributed by atoms with Gasteiger partial charge in [-0.05, 0) is 86.7 Å². The molecule has 0 aliphatic heterocycles. The molecular weight excluding hydrogens is 518 g/mol. The molecule has 0 saturated heterocycles. The number of aryl methyl sites for hydroxylation is 2. The molecule has 7 heteroatoms. The van der Waals surface area contributed by atoms with E-state index in [0.717, 1.165) is 41.7 Å². The molecule has 2 aromatic rings. The molecule has 0 radical (unpaired) electrons. The Bertz CT molecular complexity index is 823. The van der Waals surface area contributed by atoms with E-state index in [4.69, 9.17) is 4.79 Å². The SMILES string of the molecule is CC.CC.CC(C)C.CC=O.CCCc1cccc(OC(F)F)c1.COC(=O)c1ccc(C)c(C)c1C.CS. The van der Waals surface area contributed by atoms with Crippen molar-refractivity contribution in [2.45, 2.75) is 103 Å². The molecule has 0 aliphatic carbocycles. The van der Waals surface area contributed by atoms with Gasteiger partial charge < -0.3 is 14.3 Å². The summed E-state index contributed by atoms with van der Waals surface area (Å²) in [6.07, 6.45) is 4.33. The van der Waals surface area contributed by atoms with Gasteiger partial charge in [-0.2, -0.15) is 21.4 Å². The first-order chi connectivity index (χ1) is 18.4. The number of carbonyl (C=O) groups excluding carboxylic acids is 2. The lowest BCUT2D eigenvalue weighted by Crippen LogP contribution is -2.05. The van der Waals surface area contributed by atoms with Crippen LogP contribution in [0.4, 0.5) is 8.78 Å². The number of hydrogen-bond acceptors (Lipinski definition) is 5. The second-order valence-electron chi connectivity index (χ2n) is 7.92. The van der Waals surface area contributed by atoms with E-state index in [9.17, 15) is 13.6 Å². The van der Waals surface area contributed by atoms with Gasteiger partial charge in [0.1, 0.15) is 12.0 Å². The van der Waals surface area contributed by atoms with Crippen LogP contribution in [0.25, 0.3) is 0 Å². The highest BCUT2D eigenvalue weighted by molar-refractivity contribution is 7.79. The first-order valence-electron chi connectivity index (χ1n) is 13.5. The van der Waals surface area contributed by atoms with Gasteiger partial charge in [-0.3, -0.25) is 0 Å². The number of hydrogen-bond donors (Lipinski definition) is 1. The Hall–Kier alpha value is -2.41. The molecule has 4 nitrogen and oxygen atoms in total. The zero-order valence-corrected chi connectivity index (χ0v) is 27.8. The third kappa shape index (κ3) is 28.4. The minimum atomic E-state index is -2.74. The smallest absolute Gasteiger partial charge is 0.387 e. The van der Waals surface area contributed by atoms with Crippen LogP contribution in [0, 0.1) is 26.7 Å². The van der Waals surface area contributed by atoms with E-state index >= 15 is 0 Å². The molecule has 0 saturated carbocycles. The van der Waals surface area contributed by atoms with Crippen LogP contribution < -0.4 is 4.74 Å². The van der Waals surface area contributed by atoms with Gasteiger partial charge in [0, 0.05) is 0 Å². The van der Waals surface area contributed by atoms with Crippen molar-refractivity contribution in [1.82, 2.24) is 0 Å². The van der Waals surface area contributed by atoms with Crippen molar-refractivity contribution in [3.8, 4) is 5.75 Å². The molecule has 0 aliphatic rings. The van der Waals surface area contributed by atoms with Gasteiger partial charge in [-0.15, -0.1) is 0 Å². The molecule has 0 unspecified atom stereocenters. The summed E-state index contributed by atoms with van der Waals surface area (Å²) in [5.41, 5.74) is 5.05. The van der Waals surface area contributed by atoms with E-state index in [1.807, 2.05) is 73.6 Å². The molecule has 2 aromatic carbocycles. The summed E-state index contributed by atoms with van der Waals surface area (Å²) in [7, 11) is 1.40. The number of methoxy groups -OCH3 is 1. The van der Waals surface area contributed by atoms with Crippen molar-refractivity contribution < 1.29 is 27.8 Å². The fourth-order valence-electron chi connectivity index (χ4n) is 2.45. The van der Waals surface area contributed by atoms with Crippen LogP contribution in [0.3, 0.4) is 0 Å². The third-order valence-corrected chi connectivity index (χ3v) is 4.13. The minimum absolute atomic E-state index is 0.237. The highest BCUT2D eigenvalue weighted by Gasteiger charge is 2.10. The number of carbonyl (C=O) groups is 2. The highest BCUT2D eigenvalue weighted by Crippen LogP contribution is 2.18. The molecule has 2 rings (SSSR count). The Morgan fingerprint density at radius 1 is 0.949 bits per heavy atom. The van der Waals surface area contributed by atoms with Gasteiger partial charge in [0.15, 0.2) is 0 Å². The third-order valence-electron chi connectivity index (χ3n) is 4.13. The fraction of sp³-hybridized carbons (Fsp3) is 0.562. The first-order valence-corrected chi connectivity index (χ1v) is 14.4. The summed E-state index contributed by atoms with van der Waals surface area (Å²) in [5, 5.41) is 0. The van der Waals surface area contributed by atoms with Gasteiger partial charge >= 0.3 is 12.6 Å². The Kier molecular flexibility index (Phi) is 40.0. The Balaban J connectivity index is -0.000000139. The maximum Gasteiger partial charge on any atom is 0.387 e. The van der Waals surface area contributed by atoms with Gasteiger partial charge in [0.2, 0.25) is 0 Å². The fourth-order valence-corrected chi connectivity index (χ4v) is 2.45. The maximum absolute atomic E-state index is 11.8. The van der Waals surface area contributed by atoms with Gasteiger partial charge in [-0.25, -0.2) is 4.79 Å². The molecule has 228 valence electrons. The molecule has 0 heterocycles. The van der Waals surface area contributed by atoms with E-state index in [1.165, 1.54) is 25.7 Å². The summed E-state index contributed by atoms with van der Waals surface area (Å²) in [4.78, 5) is 20.1. The van der Waals surface area contributed by atoms with Crippen LogP contribution in [0.2, 0.25) is 0 Å². The number of halogens is 2. The van der Waals surface area contributed by atoms with Crippen LogP contribution in [-0.4, -0.2) is 32.2 Å². The molecule has 0 amide bonds. The largest absolute Gasteiger partial charge is 0.465 e. The first kappa shape index (κ1) is 46.4. The predicted molar refractivity (Wildman–Crippen MR) is 169 cm³/mol. The second kappa shape index (κ2) is 33.6. The van der Waals surface area contributed by atoms with Gasteiger partial charge in [-0.1, -0.05) is 80.0 Å². The van der Waals surface area contributed by atoms with E-state index in [1.54, 1.807) is 18.4 Å². The second-order valence-corrected chi connectivity index (χ2v) is 7.92. The zero-order valence-electron chi connectivity index (χ0n) is 26.9. The van der Waals surface area contributed by atoms with E-state index in [0.29, 0.717) is 5.56 Å². The Labute approximate surface area is 244 Å². The lowest BCUT2D eigenvalue weighted by molar-refractivity contribution is -0.106. The minimum Gasteiger partial charge on any atom is -0.465 e. The van der Waals surface area contributed by atoms with Gasteiger partial charge in [0.05, 0.1) is 12.7 Å². The highest BCUT2D eigenvalue weighted by atomic mass is 32.1. The standard InChI is InChI=1S/C11H14O2.C10H12F2O.C4H10.C2H4O.2C2H6.CH4S/c1-7-5-6-10(11(12)13-4)9(3)8(7)2;1-2-4-8-5-3-6-9(7-8)13-10(11)12;1-4(2)3;1-2-3;3*1-2/h5-6H,1-4H3;3,5-7,10H,2,4H2,1H3;4H,1-3H3;2H,1H3;2*1-2H3;2H,1H3. The van der Waals surface area contributed by atoms with Crippen LogP contribution in [0.5, 0.6) is 5.75 Å². The molecular formula is C32H56F2O4S. The molecule has 39 heavy (non-hydrogen) atoms. The average Bonchev–Trinajstić information content (AvgIpc) is 2.91. The number of ether oxygens (including phenoxy) is 2. The topological polar surface area (TPSA) is 52.6 Å². The quantitative estimate of drug-likeness (QED) is 0.219. The molecule has 0 fully saturated rings. The summed E-state index contributed by atoms with van der Waals surface area (Å²) >= 11 is 3.53. The van der Waals surface area contributed by atoms with E-state index in [-0.39, 0.29) is 11.7 Å². The molecule has 0 spiro atoms. The number of alkyl halides is 2. The summed E-state index contributed by atoms with van der Waals surface area (Å²) in [6.45, 7) is 21.2. The number of rotatable bonds is 5. The zero-order chi connectivity index (χ0) is 32.0. The number of esters is 1. The van der Waals surface area contributed by atoms with Gasteiger partial charge in [0.25, 0.3) is 0 Å². The van der Waals surface area contributed by atoms with Crippen molar-refractivity contribution in [2.75, 3.05) is 13.4 Å². The summed E-state index contributed by atoms with van der Waals surface area (Å²) in [6, 6.07) is 10.6. The number of benzene rings is 2. The normalized spacial score (nSPS) is 8.49. The molecule has 0 aromatic heterocycles. The van der Waals surface area contributed by atoms with Crippen molar-refractivity contribution in [1.29, 1.82) is 0 Å². The summed E-state index contributed by atoms with van der Waals surface area (Å²) in [5.74, 6) is 0.807. The maximum atomic E-state index is 11.8. The van der Waals surface area contributed by atoms with E-state index in [2.05, 4.69) is 42.9 Å². The van der Waals surface area contributed by atoms with Crippen LogP contribution in [0.1, 0.15) is 101 Å². The van der Waals surface area contributed by atoms with Crippen molar-refractivity contribution in [3.05, 3.63) is 64.2 Å². The number of thiol groups is 1. The van der Waals surface area contributed by atoms with Crippen LogP contribution in [0.15, 0.2) is 36.4 Å². The molecule has 0 bridgehead atoms. The Morgan fingerprint density at radius 2 is 1.41 bits per heavy atom. The van der Waals surface area contributed by atoms with Crippen molar-refractivity contribution in [2.24, 2.45) is 5.92 Å². The van der Waals surface area contributed by atoms with Crippen LogP contribution >= 0.6 is 12.6 Å². The van der Waals surface area contributed by atoms with Crippen LogP contribution in [-0.2, 0) is 16.0 Å². The predicted octanol–water partition coefficient (Wildman–Crippen LogP) is 10.1. The Morgan fingerprint density at radius 3 is 1.79 bits per heavy atom. The average molecular weight is 575 g/mol. The molecule has 0 atom stereocenters. The van der Waals surface area contributed by atoms with E-state index < -0.39 is 6.61 Å². The summed E-state index contributed by atoms with van der Waals surface area (Å²) < 4.78 is 32.6. The molecule has 0 N–H and O–H groups in total. The monoisotopic (exact) mass is 574 g/mol. The van der Waals surface area contributed by atoms with Crippen molar-refractivity contribution >= 4 is 24.9 Å². The van der Waals surface area contributed by atoms with Crippen molar-refractivity contribution in [3.63, 3.8) is 0 Å². The lowest BCUT2D eigenvalue weighted by Gasteiger charge is -2.08. The number of aldehydes is 1. The lowest BCUT2D eigenvalue weighted by atomic mass is 9.99.